The van der Waals surface area contributed by atoms with E-state index in [0.717, 1.165) is 24.0 Å². The first-order valence-corrected chi connectivity index (χ1v) is 10.8. The van der Waals surface area contributed by atoms with Gasteiger partial charge < -0.3 is 0 Å². The van der Waals surface area contributed by atoms with E-state index in [1.54, 1.807) is 0 Å². The average molecular weight is 387 g/mol. The molecule has 0 saturated heterocycles. The van der Waals surface area contributed by atoms with Gasteiger partial charge in [0.15, 0.2) is 17.5 Å². The third kappa shape index (κ3) is 4.45. The second-order valence-corrected chi connectivity index (χ2v) is 8.82. The molecule has 0 heterocycles. The molecule has 0 atom stereocenters. The smallest absolute Gasteiger partial charge is 0.194 e. The van der Waals surface area contributed by atoms with E-state index in [1.807, 2.05) is 12.1 Å². The van der Waals surface area contributed by atoms with Gasteiger partial charge in [0.1, 0.15) is 0 Å². The summed E-state index contributed by atoms with van der Waals surface area (Å²) in [5.41, 5.74) is 2.39. The van der Waals surface area contributed by atoms with Gasteiger partial charge >= 0.3 is 0 Å². The summed E-state index contributed by atoms with van der Waals surface area (Å²) in [6, 6.07) is 10.0. The standard InChI is InChI=1S/C25H29F3/c26-23-15-22(16-24(27)25(23)28)21-13-11-20(12-14-21)19-9-7-18(8-10-19)6-5-17-3-1-2-4-17/h11-19H,1-10H2/t18-,19-. The van der Waals surface area contributed by atoms with Crippen LogP contribution < -0.4 is 0 Å². The van der Waals surface area contributed by atoms with E-state index in [1.165, 1.54) is 69.8 Å². The molecule has 0 nitrogen and oxygen atoms in total. The van der Waals surface area contributed by atoms with E-state index >= 15 is 0 Å². The highest BCUT2D eigenvalue weighted by Crippen LogP contribution is 2.40. The lowest BCUT2D eigenvalue weighted by molar-refractivity contribution is 0.287. The fourth-order valence-corrected chi connectivity index (χ4v) is 5.22. The third-order valence-electron chi connectivity index (χ3n) is 7.00. The van der Waals surface area contributed by atoms with Gasteiger partial charge in [0.05, 0.1) is 0 Å². The highest BCUT2D eigenvalue weighted by Gasteiger charge is 2.24. The summed E-state index contributed by atoms with van der Waals surface area (Å²) in [4.78, 5) is 0. The lowest BCUT2D eigenvalue weighted by Gasteiger charge is -2.29. The van der Waals surface area contributed by atoms with Gasteiger partial charge in [0.25, 0.3) is 0 Å². The Labute approximate surface area is 166 Å². The van der Waals surface area contributed by atoms with E-state index < -0.39 is 17.5 Å². The molecule has 2 aromatic carbocycles. The molecule has 0 unspecified atom stereocenters. The Hall–Kier alpha value is -1.77. The van der Waals surface area contributed by atoms with Crippen LogP contribution in [0.25, 0.3) is 11.1 Å². The van der Waals surface area contributed by atoms with E-state index in [0.29, 0.717) is 17.0 Å². The van der Waals surface area contributed by atoms with Crippen molar-refractivity contribution in [3.63, 3.8) is 0 Å². The van der Waals surface area contributed by atoms with Gasteiger partial charge in [-0.15, -0.1) is 0 Å². The van der Waals surface area contributed by atoms with Crippen molar-refractivity contribution in [3.05, 3.63) is 59.4 Å². The Morgan fingerprint density at radius 1 is 0.643 bits per heavy atom. The minimum atomic E-state index is -1.41. The van der Waals surface area contributed by atoms with Crippen LogP contribution in [0.2, 0.25) is 0 Å². The molecule has 0 radical (unpaired) electrons. The zero-order chi connectivity index (χ0) is 19.5. The van der Waals surface area contributed by atoms with Crippen LogP contribution in [0.5, 0.6) is 0 Å². The third-order valence-corrected chi connectivity index (χ3v) is 7.00. The van der Waals surface area contributed by atoms with Gasteiger partial charge in [-0.1, -0.05) is 62.8 Å². The van der Waals surface area contributed by atoms with Crippen molar-refractivity contribution in [3.8, 4) is 11.1 Å². The number of rotatable bonds is 5. The lowest BCUT2D eigenvalue weighted by Crippen LogP contribution is -2.14. The molecule has 0 amide bonds. The Balaban J connectivity index is 1.33. The van der Waals surface area contributed by atoms with E-state index in [2.05, 4.69) is 12.1 Å². The van der Waals surface area contributed by atoms with Gasteiger partial charge in [-0.05, 0) is 72.3 Å². The predicted octanol–water partition coefficient (Wildman–Crippen LogP) is 8.02. The highest BCUT2D eigenvalue weighted by molar-refractivity contribution is 5.64. The molecule has 0 N–H and O–H groups in total. The fraction of sp³-hybridized carbons (Fsp3) is 0.520. The van der Waals surface area contributed by atoms with Crippen molar-refractivity contribution < 1.29 is 13.2 Å². The van der Waals surface area contributed by atoms with Crippen LogP contribution in [0.4, 0.5) is 13.2 Å². The number of hydrogen-bond donors (Lipinski definition) is 0. The summed E-state index contributed by atoms with van der Waals surface area (Å²) >= 11 is 0. The Morgan fingerprint density at radius 3 is 1.75 bits per heavy atom. The SMILES string of the molecule is Fc1cc(-c2ccc([C@H]3CC[C@H](CCC4CCCC4)CC3)cc2)cc(F)c1F. The average Bonchev–Trinajstić information content (AvgIpc) is 3.24. The van der Waals surface area contributed by atoms with Crippen molar-refractivity contribution in [2.75, 3.05) is 0 Å². The van der Waals surface area contributed by atoms with Gasteiger partial charge in [-0.25, -0.2) is 13.2 Å². The minimum Gasteiger partial charge on any atom is -0.204 e. The summed E-state index contributed by atoms with van der Waals surface area (Å²) < 4.78 is 40.1. The van der Waals surface area contributed by atoms with Crippen molar-refractivity contribution >= 4 is 0 Å². The first-order valence-electron chi connectivity index (χ1n) is 10.8. The molecule has 2 saturated carbocycles. The number of benzene rings is 2. The molecule has 0 spiro atoms. The molecule has 28 heavy (non-hydrogen) atoms. The van der Waals surface area contributed by atoms with E-state index in [4.69, 9.17) is 0 Å². The number of halogens is 3. The molecule has 4 rings (SSSR count). The largest absolute Gasteiger partial charge is 0.204 e. The molecule has 2 aromatic rings. The highest BCUT2D eigenvalue weighted by atomic mass is 19.2. The fourth-order valence-electron chi connectivity index (χ4n) is 5.22. The molecular formula is C25H29F3. The van der Waals surface area contributed by atoms with Crippen LogP contribution in [0.15, 0.2) is 36.4 Å². The van der Waals surface area contributed by atoms with E-state index in [-0.39, 0.29) is 0 Å². The first-order chi connectivity index (χ1) is 13.6. The topological polar surface area (TPSA) is 0 Å². The molecule has 150 valence electrons. The van der Waals surface area contributed by atoms with Gasteiger partial charge in [0, 0.05) is 0 Å². The maximum absolute atomic E-state index is 13.5. The van der Waals surface area contributed by atoms with Gasteiger partial charge in [-0.2, -0.15) is 0 Å². The zero-order valence-electron chi connectivity index (χ0n) is 16.4. The van der Waals surface area contributed by atoms with Crippen LogP contribution in [-0.2, 0) is 0 Å². The number of hydrogen-bond acceptors (Lipinski definition) is 0. The van der Waals surface area contributed by atoms with Crippen molar-refractivity contribution in [2.24, 2.45) is 11.8 Å². The van der Waals surface area contributed by atoms with Crippen LogP contribution in [-0.4, -0.2) is 0 Å². The van der Waals surface area contributed by atoms with E-state index in [9.17, 15) is 13.2 Å². The van der Waals surface area contributed by atoms with Gasteiger partial charge in [0.2, 0.25) is 0 Å². The lowest BCUT2D eigenvalue weighted by atomic mass is 9.76. The molecule has 0 aliphatic heterocycles. The minimum absolute atomic E-state index is 0.374. The normalized spacial score (nSPS) is 23.2. The quantitative estimate of drug-likeness (QED) is 0.456. The molecule has 2 fully saturated rings. The molecule has 0 aromatic heterocycles. The van der Waals surface area contributed by atoms with Crippen LogP contribution in [0.3, 0.4) is 0 Å². The summed E-state index contributed by atoms with van der Waals surface area (Å²) in [5.74, 6) is -1.23. The monoisotopic (exact) mass is 386 g/mol. The maximum Gasteiger partial charge on any atom is 0.194 e. The van der Waals surface area contributed by atoms with Crippen molar-refractivity contribution in [1.82, 2.24) is 0 Å². The summed E-state index contributed by atoms with van der Waals surface area (Å²) in [6.07, 6.45) is 13.7. The molecule has 2 aliphatic carbocycles. The molecule has 3 heteroatoms. The summed E-state index contributed by atoms with van der Waals surface area (Å²) in [5, 5.41) is 0. The van der Waals surface area contributed by atoms with Gasteiger partial charge in [-0.3, -0.25) is 0 Å². The molecular weight excluding hydrogens is 357 g/mol. The summed E-state index contributed by atoms with van der Waals surface area (Å²) in [7, 11) is 0. The maximum atomic E-state index is 13.5. The Bertz CT molecular complexity index is 759. The van der Waals surface area contributed by atoms with Crippen molar-refractivity contribution in [2.45, 2.75) is 70.1 Å². The second-order valence-electron chi connectivity index (χ2n) is 8.82. The second kappa shape index (κ2) is 8.71. The zero-order valence-corrected chi connectivity index (χ0v) is 16.4. The Kier molecular flexibility index (Phi) is 6.08. The first kappa shape index (κ1) is 19.5. The predicted molar refractivity (Wildman–Crippen MR) is 108 cm³/mol. The summed E-state index contributed by atoms with van der Waals surface area (Å²) in [6.45, 7) is 0. The molecule has 0 bridgehead atoms. The van der Waals surface area contributed by atoms with Crippen molar-refractivity contribution in [1.29, 1.82) is 0 Å². The van der Waals surface area contributed by atoms with Crippen LogP contribution >= 0.6 is 0 Å². The van der Waals surface area contributed by atoms with Crippen LogP contribution in [0.1, 0.15) is 75.7 Å². The molecule has 2 aliphatic rings. The Morgan fingerprint density at radius 2 is 1.18 bits per heavy atom. The van der Waals surface area contributed by atoms with Crippen LogP contribution in [0, 0.1) is 29.3 Å².